The third-order valence-electron chi connectivity index (χ3n) is 2.04. The Kier molecular flexibility index (Phi) is 2.63. The Bertz CT molecular complexity index is 312. The van der Waals surface area contributed by atoms with Crippen LogP contribution < -0.4 is 5.73 Å². The van der Waals surface area contributed by atoms with Crippen molar-refractivity contribution in [2.75, 3.05) is 6.54 Å². The van der Waals surface area contributed by atoms with Crippen LogP contribution in [0.2, 0.25) is 0 Å². The molecule has 0 aliphatic carbocycles. The van der Waals surface area contributed by atoms with Crippen LogP contribution in [0, 0.1) is 0 Å². The number of halogens is 2. The van der Waals surface area contributed by atoms with Gasteiger partial charge in [-0.1, -0.05) is 20.8 Å². The molecule has 1 rings (SSSR count). The average Bonchev–Trinajstić information content (AvgIpc) is 2.51. The molecule has 0 aromatic carbocycles. The first-order chi connectivity index (χ1) is 6.29. The summed E-state index contributed by atoms with van der Waals surface area (Å²) in [6.07, 6.45) is 1.15. The molecule has 5 heteroatoms. The quantitative estimate of drug-likeness (QED) is 0.769. The van der Waals surface area contributed by atoms with Gasteiger partial charge in [0.05, 0.1) is 18.3 Å². The van der Waals surface area contributed by atoms with Crippen molar-refractivity contribution >= 4 is 0 Å². The van der Waals surface area contributed by atoms with Crippen molar-refractivity contribution < 1.29 is 8.78 Å². The first-order valence-electron chi connectivity index (χ1n) is 4.41. The minimum atomic E-state index is -3.00. The van der Waals surface area contributed by atoms with E-state index in [-0.39, 0.29) is 11.0 Å². The smallest absolute Gasteiger partial charge is 0.288 e. The van der Waals surface area contributed by atoms with Crippen LogP contribution in [0.25, 0.3) is 0 Å². The Morgan fingerprint density at radius 2 is 2.00 bits per heavy atom. The highest BCUT2D eigenvalue weighted by atomic mass is 19.3. The molecule has 0 radical (unpaired) electrons. The van der Waals surface area contributed by atoms with Gasteiger partial charge in [-0.3, -0.25) is 5.10 Å². The third-order valence-corrected chi connectivity index (χ3v) is 2.04. The molecule has 1 aromatic heterocycles. The van der Waals surface area contributed by atoms with Crippen LogP contribution in [0.3, 0.4) is 0 Å². The first-order valence-corrected chi connectivity index (χ1v) is 4.41. The van der Waals surface area contributed by atoms with Crippen molar-refractivity contribution in [2.24, 2.45) is 5.73 Å². The Morgan fingerprint density at radius 3 is 2.43 bits per heavy atom. The van der Waals surface area contributed by atoms with Gasteiger partial charge in [-0.05, 0) is 0 Å². The largest absolute Gasteiger partial charge is 0.325 e. The average molecular weight is 203 g/mol. The van der Waals surface area contributed by atoms with Crippen molar-refractivity contribution in [2.45, 2.75) is 32.1 Å². The Labute approximate surface area is 81.7 Å². The third kappa shape index (κ3) is 1.92. The second kappa shape index (κ2) is 3.31. The number of hydrogen-bond donors (Lipinski definition) is 2. The van der Waals surface area contributed by atoms with E-state index >= 15 is 0 Å². The number of rotatable bonds is 2. The fourth-order valence-electron chi connectivity index (χ4n) is 1.25. The van der Waals surface area contributed by atoms with Gasteiger partial charge in [0.15, 0.2) is 0 Å². The molecule has 0 fully saturated rings. The predicted molar refractivity (Wildman–Crippen MR) is 50.2 cm³/mol. The lowest BCUT2D eigenvalue weighted by atomic mass is 9.88. The SMILES string of the molecule is CC(C)(C)c1[nH]ncc1C(F)(F)CN. The van der Waals surface area contributed by atoms with Crippen molar-refractivity contribution in [3.63, 3.8) is 0 Å². The number of aromatic nitrogens is 2. The molecule has 80 valence electrons. The number of aromatic amines is 1. The summed E-state index contributed by atoms with van der Waals surface area (Å²) in [5.41, 5.74) is 4.97. The standard InChI is InChI=1S/C9H15F2N3/c1-8(2,3)7-6(4-13-14-7)9(10,11)5-12/h4H,5,12H2,1-3H3,(H,13,14). The molecule has 0 spiro atoms. The highest BCUT2D eigenvalue weighted by molar-refractivity contribution is 5.27. The van der Waals surface area contributed by atoms with Crippen molar-refractivity contribution in [3.05, 3.63) is 17.5 Å². The minimum absolute atomic E-state index is 0.104. The molecule has 0 atom stereocenters. The fourth-order valence-corrected chi connectivity index (χ4v) is 1.25. The van der Waals surface area contributed by atoms with E-state index in [0.29, 0.717) is 5.69 Å². The molecule has 0 saturated heterocycles. The van der Waals surface area contributed by atoms with E-state index in [9.17, 15) is 8.78 Å². The highest BCUT2D eigenvalue weighted by Gasteiger charge is 2.36. The van der Waals surface area contributed by atoms with Gasteiger partial charge in [-0.25, -0.2) is 0 Å². The molecule has 1 heterocycles. The molecule has 0 saturated carbocycles. The zero-order valence-electron chi connectivity index (χ0n) is 8.56. The Balaban J connectivity index is 3.18. The van der Waals surface area contributed by atoms with E-state index < -0.39 is 12.5 Å². The van der Waals surface area contributed by atoms with E-state index in [0.717, 1.165) is 6.20 Å². The van der Waals surface area contributed by atoms with Crippen LogP contribution in [0.5, 0.6) is 0 Å². The summed E-state index contributed by atoms with van der Waals surface area (Å²) in [7, 11) is 0. The molecule has 3 nitrogen and oxygen atoms in total. The van der Waals surface area contributed by atoms with Gasteiger partial charge in [0.1, 0.15) is 0 Å². The monoisotopic (exact) mass is 203 g/mol. The molecule has 0 unspecified atom stereocenters. The second-order valence-electron chi connectivity index (χ2n) is 4.32. The van der Waals surface area contributed by atoms with E-state index in [1.54, 1.807) is 0 Å². The number of nitrogens with one attached hydrogen (secondary N) is 1. The highest BCUT2D eigenvalue weighted by Crippen LogP contribution is 2.34. The zero-order chi connectivity index (χ0) is 11.0. The lowest BCUT2D eigenvalue weighted by Crippen LogP contribution is -2.28. The number of nitrogens with zero attached hydrogens (tertiary/aromatic N) is 1. The predicted octanol–water partition coefficient (Wildman–Crippen LogP) is 1.76. The summed E-state index contributed by atoms with van der Waals surface area (Å²) in [6.45, 7) is 4.83. The van der Waals surface area contributed by atoms with Gasteiger partial charge in [-0.15, -0.1) is 0 Å². The minimum Gasteiger partial charge on any atom is -0.325 e. The van der Waals surface area contributed by atoms with E-state index in [1.165, 1.54) is 0 Å². The molecule has 0 amide bonds. The second-order valence-corrected chi connectivity index (χ2v) is 4.32. The van der Waals surface area contributed by atoms with Gasteiger partial charge in [-0.2, -0.15) is 13.9 Å². The van der Waals surface area contributed by atoms with E-state index in [2.05, 4.69) is 10.2 Å². The summed E-state index contributed by atoms with van der Waals surface area (Å²) >= 11 is 0. The molecular formula is C9H15F2N3. The van der Waals surface area contributed by atoms with Crippen LogP contribution in [-0.2, 0) is 11.3 Å². The van der Waals surface area contributed by atoms with Crippen molar-refractivity contribution in [1.82, 2.24) is 10.2 Å². The molecule has 0 aliphatic rings. The lowest BCUT2D eigenvalue weighted by Gasteiger charge is -2.22. The topological polar surface area (TPSA) is 54.7 Å². The number of hydrogen-bond acceptors (Lipinski definition) is 2. The molecule has 14 heavy (non-hydrogen) atoms. The number of nitrogens with two attached hydrogens (primary N) is 1. The van der Waals surface area contributed by atoms with Gasteiger partial charge in [0.25, 0.3) is 5.92 Å². The zero-order valence-corrected chi connectivity index (χ0v) is 8.56. The van der Waals surface area contributed by atoms with Gasteiger partial charge >= 0.3 is 0 Å². The van der Waals surface area contributed by atoms with Crippen molar-refractivity contribution in [1.29, 1.82) is 0 Å². The van der Waals surface area contributed by atoms with Gasteiger partial charge in [0, 0.05) is 11.1 Å². The Morgan fingerprint density at radius 1 is 1.43 bits per heavy atom. The summed E-state index contributed by atoms with van der Waals surface area (Å²) in [4.78, 5) is 0. The van der Waals surface area contributed by atoms with Crippen LogP contribution in [0.15, 0.2) is 6.20 Å². The molecule has 0 aliphatic heterocycles. The summed E-state index contributed by atoms with van der Waals surface area (Å²) in [6, 6.07) is 0. The Hall–Kier alpha value is -0.970. The van der Waals surface area contributed by atoms with E-state index in [1.807, 2.05) is 20.8 Å². The fraction of sp³-hybridized carbons (Fsp3) is 0.667. The maximum atomic E-state index is 13.3. The van der Waals surface area contributed by atoms with E-state index in [4.69, 9.17) is 5.73 Å². The molecule has 3 N–H and O–H groups in total. The maximum Gasteiger partial charge on any atom is 0.288 e. The van der Waals surface area contributed by atoms with Crippen LogP contribution >= 0.6 is 0 Å². The molecule has 1 aromatic rings. The summed E-state index contributed by atoms with van der Waals surface area (Å²) in [5, 5.41) is 6.24. The van der Waals surface area contributed by atoms with Crippen LogP contribution in [0.1, 0.15) is 32.0 Å². The lowest BCUT2D eigenvalue weighted by molar-refractivity contribution is 0.00425. The van der Waals surface area contributed by atoms with Crippen molar-refractivity contribution in [3.8, 4) is 0 Å². The normalized spacial score (nSPS) is 13.3. The van der Waals surface area contributed by atoms with Crippen LogP contribution in [0.4, 0.5) is 8.78 Å². The maximum absolute atomic E-state index is 13.3. The van der Waals surface area contributed by atoms with Crippen LogP contribution in [-0.4, -0.2) is 16.7 Å². The summed E-state index contributed by atoms with van der Waals surface area (Å²) in [5.74, 6) is -3.00. The van der Waals surface area contributed by atoms with Gasteiger partial charge in [0.2, 0.25) is 0 Å². The molecule has 0 bridgehead atoms. The summed E-state index contributed by atoms with van der Waals surface area (Å²) < 4.78 is 26.6. The number of H-pyrrole nitrogens is 1. The number of alkyl halides is 2. The first kappa shape index (κ1) is 11.1. The molecular weight excluding hydrogens is 188 g/mol. The van der Waals surface area contributed by atoms with Gasteiger partial charge < -0.3 is 5.73 Å².